The van der Waals surface area contributed by atoms with Crippen LogP contribution in [0.1, 0.15) is 6.42 Å². The molecule has 1 N–H and O–H groups in total. The van der Waals surface area contributed by atoms with Crippen LogP contribution in [0.25, 0.3) is 16.8 Å². The molecule has 1 aromatic heterocycles. The summed E-state index contributed by atoms with van der Waals surface area (Å²) in [5.74, 6) is 0.677. The molecule has 0 amide bonds. The van der Waals surface area contributed by atoms with Crippen molar-refractivity contribution in [3.8, 4) is 22.7 Å². The number of halogens is 1. The first-order chi connectivity index (χ1) is 11.4. The molecule has 0 aliphatic carbocycles. The van der Waals surface area contributed by atoms with Gasteiger partial charge in [0, 0.05) is 6.20 Å². The van der Waals surface area contributed by atoms with Crippen LogP contribution in [0.3, 0.4) is 0 Å². The predicted molar refractivity (Wildman–Crippen MR) is 100 cm³/mol. The molecule has 0 aliphatic heterocycles. The first-order valence-corrected chi connectivity index (χ1v) is 7.86. The van der Waals surface area contributed by atoms with Crippen LogP contribution in [-0.4, -0.2) is 30.0 Å². The van der Waals surface area contributed by atoms with Crippen molar-refractivity contribution in [1.82, 2.24) is 15.1 Å². The third-order valence-corrected chi connectivity index (χ3v) is 3.60. The summed E-state index contributed by atoms with van der Waals surface area (Å²) in [5, 5.41) is 7.75. The summed E-state index contributed by atoms with van der Waals surface area (Å²) >= 11 is 0. The van der Waals surface area contributed by atoms with Crippen LogP contribution in [-0.2, 0) is 0 Å². The van der Waals surface area contributed by atoms with Crippen molar-refractivity contribution in [2.24, 2.45) is 0 Å². The molecule has 2 aromatic carbocycles. The number of ether oxygens (including phenoxy) is 1. The summed E-state index contributed by atoms with van der Waals surface area (Å²) in [6, 6.07) is 20.3. The Bertz CT molecular complexity index is 729. The molecule has 0 saturated heterocycles. The van der Waals surface area contributed by atoms with Crippen LogP contribution in [0.15, 0.2) is 66.9 Å². The average molecular weight is 344 g/mol. The van der Waals surface area contributed by atoms with Crippen LogP contribution in [0.2, 0.25) is 0 Å². The van der Waals surface area contributed by atoms with E-state index in [-0.39, 0.29) is 12.4 Å². The van der Waals surface area contributed by atoms with Gasteiger partial charge in [0.25, 0.3) is 0 Å². The van der Waals surface area contributed by atoms with Gasteiger partial charge in [0.1, 0.15) is 0 Å². The largest absolute Gasteiger partial charge is 0.476 e. The van der Waals surface area contributed by atoms with Crippen LogP contribution in [0.5, 0.6) is 5.88 Å². The Kier molecular flexibility index (Phi) is 6.85. The molecule has 3 rings (SSSR count). The molecule has 0 fully saturated rings. The molecule has 0 aliphatic rings. The highest BCUT2D eigenvalue weighted by Gasteiger charge is 2.13. The minimum absolute atomic E-state index is 0. The van der Waals surface area contributed by atoms with E-state index in [4.69, 9.17) is 4.74 Å². The molecule has 1 heterocycles. The molecular formula is C19H22ClN3O. The zero-order valence-electron chi connectivity index (χ0n) is 13.7. The maximum Gasteiger partial charge on any atom is 0.241 e. The second kappa shape index (κ2) is 9.11. The van der Waals surface area contributed by atoms with Gasteiger partial charge in [-0.2, -0.15) is 0 Å². The van der Waals surface area contributed by atoms with Gasteiger partial charge in [-0.3, -0.25) is 0 Å². The third-order valence-electron chi connectivity index (χ3n) is 3.60. The van der Waals surface area contributed by atoms with Crippen LogP contribution in [0, 0.1) is 0 Å². The molecule has 24 heavy (non-hydrogen) atoms. The van der Waals surface area contributed by atoms with E-state index >= 15 is 0 Å². The van der Waals surface area contributed by atoms with E-state index in [0.29, 0.717) is 12.5 Å². The topological polar surface area (TPSA) is 39.1 Å². The second-order valence-corrected chi connectivity index (χ2v) is 5.30. The number of hydrogen-bond acceptors (Lipinski definition) is 3. The fourth-order valence-electron chi connectivity index (χ4n) is 2.41. The zero-order valence-corrected chi connectivity index (χ0v) is 14.5. The third kappa shape index (κ3) is 4.37. The highest BCUT2D eigenvalue weighted by atomic mass is 35.5. The second-order valence-electron chi connectivity index (χ2n) is 5.30. The molecule has 0 saturated carbocycles. The molecule has 0 unspecified atom stereocenters. The number of para-hydroxylation sites is 1. The minimum Gasteiger partial charge on any atom is -0.476 e. The average Bonchev–Trinajstić information content (AvgIpc) is 3.04. The van der Waals surface area contributed by atoms with Crippen molar-refractivity contribution in [2.75, 3.05) is 20.2 Å². The first-order valence-electron chi connectivity index (χ1n) is 7.86. The Hall–Kier alpha value is -2.30. The standard InChI is InChI=1S/C19H21N3O.ClH/c1-20-13-8-14-23-19-18(16-9-4-2-5-10-16)15-22(21-19)17-11-6-3-7-12-17;/h2-7,9-12,15,20H,8,13-14H2,1H3;1H. The SMILES string of the molecule is CNCCCOc1nn(-c2ccccc2)cc1-c1ccccc1.Cl. The van der Waals surface area contributed by atoms with Gasteiger partial charge in [0.2, 0.25) is 5.88 Å². The van der Waals surface area contributed by atoms with Crippen molar-refractivity contribution < 1.29 is 4.74 Å². The summed E-state index contributed by atoms with van der Waals surface area (Å²) in [6.45, 7) is 1.58. The van der Waals surface area contributed by atoms with Gasteiger partial charge in [-0.1, -0.05) is 48.5 Å². The molecule has 0 radical (unpaired) electrons. The summed E-state index contributed by atoms with van der Waals surface area (Å²) in [6.07, 6.45) is 2.97. The molecule has 0 bridgehead atoms. The molecule has 0 spiro atoms. The van der Waals surface area contributed by atoms with Crippen molar-refractivity contribution in [2.45, 2.75) is 6.42 Å². The Labute approximate surface area is 148 Å². The smallest absolute Gasteiger partial charge is 0.241 e. The molecule has 126 valence electrons. The highest BCUT2D eigenvalue weighted by Crippen LogP contribution is 2.30. The maximum atomic E-state index is 5.92. The van der Waals surface area contributed by atoms with Gasteiger partial charge in [0.05, 0.1) is 17.9 Å². The van der Waals surface area contributed by atoms with Gasteiger partial charge in [-0.25, -0.2) is 4.68 Å². The monoisotopic (exact) mass is 343 g/mol. The summed E-state index contributed by atoms with van der Waals surface area (Å²) in [5.41, 5.74) is 3.15. The fraction of sp³-hybridized carbons (Fsp3) is 0.211. The van der Waals surface area contributed by atoms with Crippen LogP contribution in [0.4, 0.5) is 0 Å². The van der Waals surface area contributed by atoms with Gasteiger partial charge in [-0.15, -0.1) is 17.5 Å². The van der Waals surface area contributed by atoms with E-state index in [1.807, 2.05) is 66.5 Å². The number of nitrogens with zero attached hydrogens (tertiary/aromatic N) is 2. The molecule has 4 nitrogen and oxygen atoms in total. The molecule has 5 heteroatoms. The Morgan fingerprint density at radius 2 is 1.67 bits per heavy atom. The van der Waals surface area contributed by atoms with Crippen molar-refractivity contribution in [3.63, 3.8) is 0 Å². The summed E-state index contributed by atoms with van der Waals surface area (Å²) in [7, 11) is 1.94. The van der Waals surface area contributed by atoms with Crippen molar-refractivity contribution in [1.29, 1.82) is 0 Å². The zero-order chi connectivity index (χ0) is 15.9. The summed E-state index contributed by atoms with van der Waals surface area (Å²) < 4.78 is 7.79. The number of aromatic nitrogens is 2. The predicted octanol–water partition coefficient (Wildman–Crippen LogP) is 3.95. The van der Waals surface area contributed by atoms with Gasteiger partial charge < -0.3 is 10.1 Å². The Balaban J connectivity index is 0.00000208. The van der Waals surface area contributed by atoms with E-state index in [9.17, 15) is 0 Å². The molecule has 3 aromatic rings. The Morgan fingerprint density at radius 1 is 1.00 bits per heavy atom. The normalized spacial score (nSPS) is 10.2. The van der Waals surface area contributed by atoms with E-state index < -0.39 is 0 Å². The van der Waals surface area contributed by atoms with E-state index in [2.05, 4.69) is 22.5 Å². The fourth-order valence-corrected chi connectivity index (χ4v) is 2.41. The number of hydrogen-bond donors (Lipinski definition) is 1. The molecule has 0 atom stereocenters. The molecular weight excluding hydrogens is 322 g/mol. The van der Waals surface area contributed by atoms with E-state index in [1.165, 1.54) is 0 Å². The lowest BCUT2D eigenvalue weighted by molar-refractivity contribution is 0.297. The van der Waals surface area contributed by atoms with Crippen LogP contribution < -0.4 is 10.1 Å². The van der Waals surface area contributed by atoms with Gasteiger partial charge in [0.15, 0.2) is 0 Å². The highest BCUT2D eigenvalue weighted by molar-refractivity contribution is 5.85. The number of benzene rings is 2. The summed E-state index contributed by atoms with van der Waals surface area (Å²) in [4.78, 5) is 0. The number of rotatable bonds is 7. The lowest BCUT2D eigenvalue weighted by Gasteiger charge is -2.05. The minimum atomic E-state index is 0. The quantitative estimate of drug-likeness (QED) is 0.660. The van der Waals surface area contributed by atoms with E-state index in [0.717, 1.165) is 29.8 Å². The lowest BCUT2D eigenvalue weighted by atomic mass is 10.1. The van der Waals surface area contributed by atoms with E-state index in [1.54, 1.807) is 0 Å². The lowest BCUT2D eigenvalue weighted by Crippen LogP contribution is -2.11. The Morgan fingerprint density at radius 3 is 2.33 bits per heavy atom. The van der Waals surface area contributed by atoms with Gasteiger partial charge in [-0.05, 0) is 37.7 Å². The van der Waals surface area contributed by atoms with Crippen molar-refractivity contribution in [3.05, 3.63) is 66.9 Å². The maximum absolute atomic E-state index is 5.92. The van der Waals surface area contributed by atoms with Crippen LogP contribution >= 0.6 is 12.4 Å². The number of nitrogens with one attached hydrogen (secondary N) is 1. The van der Waals surface area contributed by atoms with Crippen molar-refractivity contribution >= 4 is 12.4 Å². The van der Waals surface area contributed by atoms with Gasteiger partial charge >= 0.3 is 0 Å². The first kappa shape index (κ1) is 18.0.